The summed E-state index contributed by atoms with van der Waals surface area (Å²) in [5.74, 6) is -0.395. The summed E-state index contributed by atoms with van der Waals surface area (Å²) < 4.78 is 15.7. The van der Waals surface area contributed by atoms with E-state index in [1.54, 1.807) is 61.2 Å². The number of carbonyl (C=O) groups is 1. The molecule has 0 bridgehead atoms. The first kappa shape index (κ1) is 23.1. The smallest absolute Gasteiger partial charge is 0.266 e. The zero-order valence-electron chi connectivity index (χ0n) is 17.3. The van der Waals surface area contributed by atoms with Crippen LogP contribution in [0, 0.1) is 5.82 Å². The first-order chi connectivity index (χ1) is 14.4. The Morgan fingerprint density at radius 1 is 1.20 bits per heavy atom. The number of benzene rings is 1. The Morgan fingerprint density at radius 3 is 2.47 bits per heavy atom. The molecule has 7 nitrogen and oxygen atoms in total. The summed E-state index contributed by atoms with van der Waals surface area (Å²) in [5, 5.41) is 12.5. The minimum atomic E-state index is -0.421. The molecule has 0 saturated heterocycles. The first-order valence-corrected chi connectivity index (χ1v) is 10.2. The average Bonchev–Trinajstić information content (AvgIpc) is 3.12. The SMILES string of the molecule is C/C(N)=C(/SN)C(=O)Nc1ccc(-c2cc(-c3ccccc3F)nn2C)cn1.CC. The number of carbonyl (C=O) groups excluding carboxylic acids is 1. The monoisotopic (exact) mass is 428 g/mol. The molecule has 0 aliphatic rings. The Labute approximate surface area is 179 Å². The molecule has 30 heavy (non-hydrogen) atoms. The largest absolute Gasteiger partial charge is 0.401 e. The van der Waals surface area contributed by atoms with E-state index in [1.807, 2.05) is 13.8 Å². The van der Waals surface area contributed by atoms with Gasteiger partial charge >= 0.3 is 0 Å². The van der Waals surface area contributed by atoms with Crippen molar-refractivity contribution in [3.05, 3.63) is 65.1 Å². The van der Waals surface area contributed by atoms with Crippen LogP contribution in [0.2, 0.25) is 0 Å². The van der Waals surface area contributed by atoms with Crippen LogP contribution in [0.3, 0.4) is 0 Å². The highest BCUT2D eigenvalue weighted by Crippen LogP contribution is 2.27. The quantitative estimate of drug-likeness (QED) is 0.417. The number of nitrogens with two attached hydrogens (primary N) is 2. The maximum Gasteiger partial charge on any atom is 0.266 e. The summed E-state index contributed by atoms with van der Waals surface area (Å²) in [6, 6.07) is 11.7. The van der Waals surface area contributed by atoms with Crippen LogP contribution in [0.25, 0.3) is 22.5 Å². The summed E-state index contributed by atoms with van der Waals surface area (Å²) in [4.78, 5) is 16.6. The van der Waals surface area contributed by atoms with E-state index in [9.17, 15) is 9.18 Å². The van der Waals surface area contributed by atoms with Gasteiger partial charge < -0.3 is 11.1 Å². The lowest BCUT2D eigenvalue weighted by molar-refractivity contribution is -0.112. The summed E-state index contributed by atoms with van der Waals surface area (Å²) in [5.41, 5.74) is 8.46. The molecule has 2 aromatic heterocycles. The van der Waals surface area contributed by atoms with Gasteiger partial charge in [0.2, 0.25) is 0 Å². The van der Waals surface area contributed by atoms with Gasteiger partial charge in [-0.05, 0) is 49.2 Å². The predicted molar refractivity (Wildman–Crippen MR) is 120 cm³/mol. The number of rotatable bonds is 5. The van der Waals surface area contributed by atoms with Gasteiger partial charge in [0.1, 0.15) is 16.5 Å². The van der Waals surface area contributed by atoms with Crippen molar-refractivity contribution in [3.8, 4) is 22.5 Å². The lowest BCUT2D eigenvalue weighted by Gasteiger charge is -2.08. The van der Waals surface area contributed by atoms with E-state index in [1.165, 1.54) is 6.07 Å². The van der Waals surface area contributed by atoms with Crippen LogP contribution in [-0.2, 0) is 11.8 Å². The highest BCUT2D eigenvalue weighted by molar-refractivity contribution is 8.01. The number of nitrogens with one attached hydrogen (secondary N) is 1. The van der Waals surface area contributed by atoms with Crippen molar-refractivity contribution < 1.29 is 9.18 Å². The summed E-state index contributed by atoms with van der Waals surface area (Å²) in [6.45, 7) is 5.60. The third-order valence-electron chi connectivity index (χ3n) is 4.01. The van der Waals surface area contributed by atoms with Gasteiger partial charge in [-0.1, -0.05) is 26.0 Å². The van der Waals surface area contributed by atoms with E-state index >= 15 is 0 Å². The Balaban J connectivity index is 0.00000155. The van der Waals surface area contributed by atoms with E-state index < -0.39 is 5.91 Å². The van der Waals surface area contributed by atoms with Crippen molar-refractivity contribution in [2.75, 3.05) is 5.32 Å². The highest BCUT2D eigenvalue weighted by atomic mass is 32.2. The van der Waals surface area contributed by atoms with Crippen LogP contribution < -0.4 is 16.2 Å². The Hall–Kier alpha value is -3.17. The van der Waals surface area contributed by atoms with Gasteiger partial charge in [-0.25, -0.2) is 9.37 Å². The van der Waals surface area contributed by atoms with Gasteiger partial charge in [-0.3, -0.25) is 14.6 Å². The Bertz CT molecular complexity index is 1040. The molecule has 0 fully saturated rings. The fourth-order valence-corrected chi connectivity index (χ4v) is 3.00. The summed E-state index contributed by atoms with van der Waals surface area (Å²) >= 11 is 0.782. The standard InChI is InChI=1S/C19H19FN6OS.C2H6/c1-11(21)18(28-22)19(27)24-17-8-7-12(10-23-17)16-9-15(25-26(16)2)13-5-3-4-6-14(13)20;1-2/h3-10H,21-22H2,1-2H3,(H,23,24,27);1-2H3/b18-11-;. The second kappa shape index (κ2) is 10.6. The minimum Gasteiger partial charge on any atom is -0.401 e. The second-order valence-corrected chi connectivity index (χ2v) is 6.68. The topological polar surface area (TPSA) is 112 Å². The lowest BCUT2D eigenvalue weighted by Crippen LogP contribution is -2.17. The van der Waals surface area contributed by atoms with Gasteiger partial charge in [0.15, 0.2) is 0 Å². The van der Waals surface area contributed by atoms with Crippen LogP contribution in [0.15, 0.2) is 59.3 Å². The third kappa shape index (κ3) is 5.25. The van der Waals surface area contributed by atoms with Crippen molar-refractivity contribution >= 4 is 23.7 Å². The molecule has 0 spiro atoms. The van der Waals surface area contributed by atoms with Crippen molar-refractivity contribution in [1.29, 1.82) is 0 Å². The van der Waals surface area contributed by atoms with Gasteiger partial charge in [-0.2, -0.15) is 5.10 Å². The molecule has 3 aromatic rings. The molecule has 0 aliphatic heterocycles. The zero-order chi connectivity index (χ0) is 22.3. The minimum absolute atomic E-state index is 0.229. The molecule has 0 unspecified atom stereocenters. The highest BCUT2D eigenvalue weighted by Gasteiger charge is 2.14. The number of hydrogen-bond acceptors (Lipinski definition) is 6. The molecule has 0 aliphatic carbocycles. The number of pyridine rings is 1. The predicted octanol–water partition coefficient (Wildman–Crippen LogP) is 4.05. The third-order valence-corrected chi connectivity index (χ3v) is 4.76. The fourth-order valence-electron chi connectivity index (χ4n) is 2.66. The number of aryl methyl sites for hydroxylation is 1. The Morgan fingerprint density at radius 2 is 1.90 bits per heavy atom. The van der Waals surface area contributed by atoms with Crippen molar-refractivity contribution in [1.82, 2.24) is 14.8 Å². The number of anilines is 1. The molecule has 2 heterocycles. The molecule has 3 rings (SSSR count). The average molecular weight is 429 g/mol. The van der Waals surface area contributed by atoms with E-state index in [0.717, 1.165) is 23.2 Å². The molecule has 1 aromatic carbocycles. The van der Waals surface area contributed by atoms with Gasteiger partial charge in [-0.15, -0.1) is 0 Å². The fraction of sp³-hybridized carbons (Fsp3) is 0.190. The number of halogens is 1. The van der Waals surface area contributed by atoms with E-state index in [4.69, 9.17) is 10.9 Å². The van der Waals surface area contributed by atoms with Crippen LogP contribution in [0.1, 0.15) is 20.8 Å². The van der Waals surface area contributed by atoms with Crippen LogP contribution in [-0.4, -0.2) is 20.7 Å². The second-order valence-electron chi connectivity index (χ2n) is 6.03. The molecule has 9 heteroatoms. The van der Waals surface area contributed by atoms with Crippen molar-refractivity contribution in [3.63, 3.8) is 0 Å². The number of aromatic nitrogens is 3. The molecule has 0 atom stereocenters. The zero-order valence-corrected chi connectivity index (χ0v) is 18.1. The molecule has 158 valence electrons. The van der Waals surface area contributed by atoms with Crippen molar-refractivity contribution in [2.45, 2.75) is 20.8 Å². The maximum absolute atomic E-state index is 14.0. The number of hydrogen-bond donors (Lipinski definition) is 3. The lowest BCUT2D eigenvalue weighted by atomic mass is 10.1. The molecular formula is C21H25FN6OS. The number of allylic oxidation sites excluding steroid dienone is 1. The van der Waals surface area contributed by atoms with Gasteiger partial charge in [0, 0.05) is 30.1 Å². The van der Waals surface area contributed by atoms with Gasteiger partial charge in [0.25, 0.3) is 5.91 Å². The normalized spacial score (nSPS) is 11.3. The Kier molecular flexibility index (Phi) is 8.14. The first-order valence-electron chi connectivity index (χ1n) is 9.30. The van der Waals surface area contributed by atoms with E-state index in [0.29, 0.717) is 22.8 Å². The van der Waals surface area contributed by atoms with Crippen LogP contribution in [0.5, 0.6) is 0 Å². The van der Waals surface area contributed by atoms with Crippen molar-refractivity contribution in [2.24, 2.45) is 17.9 Å². The maximum atomic E-state index is 14.0. The molecule has 1 amide bonds. The number of amides is 1. The van der Waals surface area contributed by atoms with E-state index in [2.05, 4.69) is 15.4 Å². The molecule has 0 saturated carbocycles. The van der Waals surface area contributed by atoms with Crippen LogP contribution >= 0.6 is 11.9 Å². The number of nitrogens with zero attached hydrogens (tertiary/aromatic N) is 3. The summed E-state index contributed by atoms with van der Waals surface area (Å²) in [7, 11) is 1.77. The molecule has 0 radical (unpaired) electrons. The molecule has 5 N–H and O–H groups in total. The van der Waals surface area contributed by atoms with E-state index in [-0.39, 0.29) is 10.7 Å². The molecular weight excluding hydrogens is 403 g/mol. The van der Waals surface area contributed by atoms with Crippen LogP contribution in [0.4, 0.5) is 10.2 Å². The van der Waals surface area contributed by atoms with Gasteiger partial charge in [0.05, 0.1) is 11.4 Å². The summed E-state index contributed by atoms with van der Waals surface area (Å²) in [6.07, 6.45) is 1.60.